The van der Waals surface area contributed by atoms with Gasteiger partial charge in [0.15, 0.2) is 5.78 Å². The molecular formula is C25H20N2O3. The third-order valence-corrected chi connectivity index (χ3v) is 5.46. The highest BCUT2D eigenvalue weighted by atomic mass is 16.7. The van der Waals surface area contributed by atoms with Crippen LogP contribution in [0.5, 0.6) is 5.75 Å². The van der Waals surface area contributed by atoms with Gasteiger partial charge < -0.3 is 9.47 Å². The Balaban J connectivity index is 1.52. The van der Waals surface area contributed by atoms with Crippen LogP contribution in [0.2, 0.25) is 0 Å². The maximum atomic E-state index is 13.4. The zero-order valence-corrected chi connectivity index (χ0v) is 16.5. The van der Waals surface area contributed by atoms with Gasteiger partial charge in [-0.1, -0.05) is 30.3 Å². The van der Waals surface area contributed by atoms with E-state index in [0.29, 0.717) is 17.7 Å². The minimum atomic E-state index is -0.630. The minimum absolute atomic E-state index is 0.00888. The summed E-state index contributed by atoms with van der Waals surface area (Å²) in [6.07, 6.45) is 3.36. The van der Waals surface area contributed by atoms with Crippen molar-refractivity contribution in [1.82, 2.24) is 9.97 Å². The quantitative estimate of drug-likeness (QED) is 0.500. The molecule has 0 radical (unpaired) electrons. The molecule has 0 aliphatic carbocycles. The lowest BCUT2D eigenvalue weighted by atomic mass is 9.87. The largest absolute Gasteiger partial charge is 0.463 e. The van der Waals surface area contributed by atoms with E-state index >= 15 is 0 Å². The van der Waals surface area contributed by atoms with Crippen LogP contribution in [0.15, 0.2) is 79.1 Å². The fourth-order valence-electron chi connectivity index (χ4n) is 3.92. The van der Waals surface area contributed by atoms with E-state index in [9.17, 15) is 4.79 Å². The number of carbonyl (C=O) groups is 1. The molecule has 0 N–H and O–H groups in total. The van der Waals surface area contributed by atoms with Gasteiger partial charge in [-0.15, -0.1) is 0 Å². The molecule has 0 saturated heterocycles. The lowest BCUT2D eigenvalue weighted by Crippen LogP contribution is -2.40. The van der Waals surface area contributed by atoms with E-state index in [1.54, 1.807) is 19.5 Å². The first-order valence-electron chi connectivity index (χ1n) is 9.86. The highest BCUT2D eigenvalue weighted by Crippen LogP contribution is 2.35. The first-order chi connectivity index (χ1) is 14.7. The van der Waals surface area contributed by atoms with Crippen LogP contribution in [0.1, 0.15) is 15.9 Å². The predicted molar refractivity (Wildman–Crippen MR) is 114 cm³/mol. The Labute approximate surface area is 174 Å². The van der Waals surface area contributed by atoms with Crippen molar-refractivity contribution in [3.63, 3.8) is 0 Å². The van der Waals surface area contributed by atoms with Crippen molar-refractivity contribution >= 4 is 16.7 Å². The predicted octanol–water partition coefficient (Wildman–Crippen LogP) is 4.70. The normalized spacial score (nSPS) is 18.1. The van der Waals surface area contributed by atoms with Crippen LogP contribution in [0.25, 0.3) is 22.2 Å². The van der Waals surface area contributed by atoms with Gasteiger partial charge in [0.2, 0.25) is 6.29 Å². The van der Waals surface area contributed by atoms with Crippen LogP contribution in [0, 0.1) is 5.92 Å². The van der Waals surface area contributed by atoms with Gasteiger partial charge in [0.25, 0.3) is 0 Å². The first kappa shape index (κ1) is 18.5. The average Bonchev–Trinajstić information content (AvgIpc) is 2.81. The van der Waals surface area contributed by atoms with E-state index in [0.717, 1.165) is 27.7 Å². The zero-order chi connectivity index (χ0) is 20.5. The summed E-state index contributed by atoms with van der Waals surface area (Å²) in [5.74, 6) is 0.111. The molecule has 4 aromatic rings. The number of rotatable bonds is 4. The van der Waals surface area contributed by atoms with Gasteiger partial charge in [0.1, 0.15) is 5.75 Å². The summed E-state index contributed by atoms with van der Waals surface area (Å²) in [5.41, 5.74) is 4.15. The molecule has 0 amide bonds. The summed E-state index contributed by atoms with van der Waals surface area (Å²) in [4.78, 5) is 22.3. The Bertz CT molecular complexity index is 1220. The number of hydrogen-bond acceptors (Lipinski definition) is 5. The monoisotopic (exact) mass is 396 g/mol. The molecule has 0 saturated carbocycles. The van der Waals surface area contributed by atoms with Crippen molar-refractivity contribution < 1.29 is 14.3 Å². The van der Waals surface area contributed by atoms with Crippen LogP contribution >= 0.6 is 0 Å². The fraction of sp³-hybridized carbons (Fsp3) is 0.160. The molecule has 3 heterocycles. The number of para-hydroxylation sites is 1. The SMILES string of the molecule is COC1Oc2ccc(-c3ccc4ccccc4n3)cc2C(=O)C1Cc1cccnc1. The highest BCUT2D eigenvalue weighted by Gasteiger charge is 2.37. The summed E-state index contributed by atoms with van der Waals surface area (Å²) >= 11 is 0. The molecule has 5 nitrogen and oxygen atoms in total. The number of methoxy groups -OCH3 is 1. The number of ketones is 1. The van der Waals surface area contributed by atoms with Gasteiger partial charge in [0, 0.05) is 30.5 Å². The number of ether oxygens (including phenoxy) is 2. The molecule has 2 unspecified atom stereocenters. The Morgan fingerprint density at radius 1 is 1.03 bits per heavy atom. The van der Waals surface area contributed by atoms with Gasteiger partial charge in [-0.2, -0.15) is 0 Å². The molecular weight excluding hydrogens is 376 g/mol. The molecule has 2 aromatic carbocycles. The summed E-state index contributed by atoms with van der Waals surface area (Å²) < 4.78 is 11.5. The second-order valence-electron chi connectivity index (χ2n) is 7.36. The zero-order valence-electron chi connectivity index (χ0n) is 16.5. The topological polar surface area (TPSA) is 61.3 Å². The summed E-state index contributed by atoms with van der Waals surface area (Å²) in [5, 5.41) is 1.08. The van der Waals surface area contributed by atoms with Crippen molar-refractivity contribution in [2.45, 2.75) is 12.7 Å². The number of aromatic nitrogens is 2. The lowest BCUT2D eigenvalue weighted by molar-refractivity contribution is -0.0881. The number of benzene rings is 2. The molecule has 1 aliphatic rings. The standard InChI is InChI=1S/C25H20N2O3/c1-29-25-20(13-16-5-4-12-26-15-16)24(28)19-14-18(9-11-23(19)30-25)22-10-8-17-6-2-3-7-21(17)27-22/h2-12,14-15,20,25H,13H2,1H3. The molecule has 148 valence electrons. The van der Waals surface area contributed by atoms with Gasteiger partial charge in [-0.3, -0.25) is 9.78 Å². The number of hydrogen-bond donors (Lipinski definition) is 0. The number of nitrogens with zero attached hydrogens (tertiary/aromatic N) is 2. The Morgan fingerprint density at radius 2 is 1.93 bits per heavy atom. The molecule has 2 aromatic heterocycles. The molecule has 0 bridgehead atoms. The van der Waals surface area contributed by atoms with Crippen LogP contribution in [-0.2, 0) is 11.2 Å². The minimum Gasteiger partial charge on any atom is -0.463 e. The summed E-state index contributed by atoms with van der Waals surface area (Å²) in [6, 6.07) is 21.4. The van der Waals surface area contributed by atoms with E-state index < -0.39 is 12.2 Å². The Kier molecular flexibility index (Phi) is 4.73. The van der Waals surface area contributed by atoms with E-state index in [1.807, 2.05) is 66.7 Å². The van der Waals surface area contributed by atoms with Crippen LogP contribution in [-0.4, -0.2) is 29.2 Å². The second kappa shape index (κ2) is 7.69. The van der Waals surface area contributed by atoms with E-state index in [1.165, 1.54) is 0 Å². The molecule has 2 atom stereocenters. The number of pyridine rings is 2. The Morgan fingerprint density at radius 3 is 2.77 bits per heavy atom. The van der Waals surface area contributed by atoms with Crippen molar-refractivity contribution in [3.8, 4) is 17.0 Å². The number of carbonyl (C=O) groups excluding carboxylic acids is 1. The molecule has 30 heavy (non-hydrogen) atoms. The average molecular weight is 396 g/mol. The van der Waals surface area contributed by atoms with E-state index in [2.05, 4.69) is 4.98 Å². The Hall–Kier alpha value is -3.57. The van der Waals surface area contributed by atoms with Crippen LogP contribution in [0.4, 0.5) is 0 Å². The van der Waals surface area contributed by atoms with E-state index in [-0.39, 0.29) is 5.78 Å². The lowest BCUT2D eigenvalue weighted by Gasteiger charge is -2.31. The molecule has 0 fully saturated rings. The van der Waals surface area contributed by atoms with Crippen molar-refractivity contribution in [1.29, 1.82) is 0 Å². The van der Waals surface area contributed by atoms with Crippen LogP contribution in [0.3, 0.4) is 0 Å². The smallest absolute Gasteiger partial charge is 0.210 e. The van der Waals surface area contributed by atoms with Gasteiger partial charge >= 0.3 is 0 Å². The van der Waals surface area contributed by atoms with Gasteiger partial charge in [0.05, 0.1) is 22.7 Å². The fourth-order valence-corrected chi connectivity index (χ4v) is 3.92. The molecule has 0 spiro atoms. The molecule has 1 aliphatic heterocycles. The van der Waals surface area contributed by atoms with Crippen molar-refractivity contribution in [2.75, 3.05) is 7.11 Å². The maximum Gasteiger partial charge on any atom is 0.210 e. The highest BCUT2D eigenvalue weighted by molar-refractivity contribution is 6.02. The second-order valence-corrected chi connectivity index (χ2v) is 7.36. The van der Waals surface area contributed by atoms with E-state index in [4.69, 9.17) is 14.5 Å². The third-order valence-electron chi connectivity index (χ3n) is 5.46. The van der Waals surface area contributed by atoms with Crippen LogP contribution < -0.4 is 4.74 Å². The maximum absolute atomic E-state index is 13.4. The number of Topliss-reactive ketones (excluding diaryl/α,β-unsaturated/α-hetero) is 1. The van der Waals surface area contributed by atoms with Gasteiger partial charge in [-0.05, 0) is 48.4 Å². The first-order valence-corrected chi connectivity index (χ1v) is 9.86. The summed E-state index contributed by atoms with van der Waals surface area (Å²) in [6.45, 7) is 0. The van der Waals surface area contributed by atoms with Gasteiger partial charge in [-0.25, -0.2) is 4.98 Å². The molecule has 5 heteroatoms. The van der Waals surface area contributed by atoms with Crippen molar-refractivity contribution in [3.05, 3.63) is 90.3 Å². The number of fused-ring (bicyclic) bond motifs is 2. The van der Waals surface area contributed by atoms with Crippen molar-refractivity contribution in [2.24, 2.45) is 5.92 Å². The third kappa shape index (κ3) is 3.33. The molecule has 5 rings (SSSR count). The summed E-state index contributed by atoms with van der Waals surface area (Å²) in [7, 11) is 1.56.